The Morgan fingerprint density at radius 1 is 1.24 bits per heavy atom. The molecule has 34 heavy (non-hydrogen) atoms. The maximum atomic E-state index is 13.2. The first-order valence-electron chi connectivity index (χ1n) is 12.0. The second kappa shape index (κ2) is 12.9. The Labute approximate surface area is 200 Å². The van der Waals surface area contributed by atoms with Gasteiger partial charge in [0.05, 0.1) is 18.6 Å². The number of aromatic nitrogens is 1. The monoisotopic (exact) mass is 469 g/mol. The fourth-order valence-corrected chi connectivity index (χ4v) is 4.10. The molecule has 0 radical (unpaired) electrons. The van der Waals surface area contributed by atoms with Crippen LogP contribution in [0.5, 0.6) is 0 Å². The first kappa shape index (κ1) is 25.5. The van der Waals surface area contributed by atoms with Gasteiger partial charge in [0.25, 0.3) is 0 Å². The van der Waals surface area contributed by atoms with E-state index in [4.69, 9.17) is 4.74 Å². The molecule has 1 aromatic carbocycles. The molecule has 1 aliphatic heterocycles. The Kier molecular flexibility index (Phi) is 9.70. The van der Waals surface area contributed by atoms with Crippen LogP contribution in [0.1, 0.15) is 51.0 Å². The molecule has 3 unspecified atom stereocenters. The number of aliphatic hydroxyl groups excluding tert-OH is 1. The summed E-state index contributed by atoms with van der Waals surface area (Å²) in [5, 5.41) is 16.0. The third-order valence-electron chi connectivity index (χ3n) is 6.01. The minimum Gasteiger partial charge on any atom is -0.463 e. The number of esters is 1. The van der Waals surface area contributed by atoms with Gasteiger partial charge in [-0.25, -0.2) is 0 Å². The lowest BCUT2D eigenvalue weighted by Gasteiger charge is -2.23. The molecule has 2 amide bonds. The molecule has 0 fully saturated rings. The van der Waals surface area contributed by atoms with Crippen molar-refractivity contribution >= 4 is 28.7 Å². The number of carbonyl (C=O) groups is 3. The Hall–Kier alpha value is -3.13. The summed E-state index contributed by atoms with van der Waals surface area (Å²) >= 11 is 0. The Bertz CT molecular complexity index is 999. The van der Waals surface area contributed by atoms with Gasteiger partial charge in [-0.15, -0.1) is 0 Å². The summed E-state index contributed by atoms with van der Waals surface area (Å²) in [4.78, 5) is 41.1. The van der Waals surface area contributed by atoms with Gasteiger partial charge in [-0.3, -0.25) is 14.4 Å². The standard InChI is InChI=1S/C26H35N3O5/c1-18(16-30)28-24(31)14-19-9-5-3-2-4-6-12-25(32)34-17-21(29-26(19)33)13-20-15-27-23-11-8-7-10-22(20)23/h3,5,7-8,10-11,15,18-19,21,27,30H,2,4,6,9,12-14,16-17H2,1H3,(H,28,31)(H,29,33). The highest BCUT2D eigenvalue weighted by Gasteiger charge is 2.25. The first-order valence-corrected chi connectivity index (χ1v) is 12.0. The van der Waals surface area contributed by atoms with E-state index in [0.717, 1.165) is 35.7 Å². The summed E-state index contributed by atoms with van der Waals surface area (Å²) in [7, 11) is 0. The number of ether oxygens (including phenoxy) is 1. The maximum absolute atomic E-state index is 13.2. The van der Waals surface area contributed by atoms with Gasteiger partial charge in [-0.1, -0.05) is 30.4 Å². The quantitative estimate of drug-likeness (QED) is 0.383. The zero-order valence-corrected chi connectivity index (χ0v) is 19.7. The third kappa shape index (κ3) is 7.73. The SMILES string of the molecule is CC(CO)NC(=O)CC1CC=CCCCCC(=O)OCC(Cc2c[nH]c3ccccc23)NC1=O. The normalized spacial score (nSPS) is 21.4. The summed E-state index contributed by atoms with van der Waals surface area (Å²) in [5.74, 6) is -1.37. The number of carbonyl (C=O) groups excluding carboxylic acids is 3. The molecule has 0 spiro atoms. The predicted molar refractivity (Wildman–Crippen MR) is 130 cm³/mol. The maximum Gasteiger partial charge on any atom is 0.305 e. The van der Waals surface area contributed by atoms with E-state index in [9.17, 15) is 19.5 Å². The lowest BCUT2D eigenvalue weighted by Crippen LogP contribution is -2.45. The first-order chi connectivity index (χ1) is 16.5. The second-order valence-corrected chi connectivity index (χ2v) is 8.96. The number of rotatable bonds is 6. The smallest absolute Gasteiger partial charge is 0.305 e. The fourth-order valence-electron chi connectivity index (χ4n) is 4.10. The van der Waals surface area contributed by atoms with Crippen molar-refractivity contribution in [1.29, 1.82) is 0 Å². The molecule has 0 saturated heterocycles. The zero-order valence-electron chi connectivity index (χ0n) is 19.7. The van der Waals surface area contributed by atoms with E-state index in [1.54, 1.807) is 6.92 Å². The van der Waals surface area contributed by atoms with Crippen molar-refractivity contribution in [3.05, 3.63) is 48.2 Å². The number of amides is 2. The molecule has 0 bridgehead atoms. The van der Waals surface area contributed by atoms with Gasteiger partial charge in [0, 0.05) is 36.0 Å². The number of aliphatic hydroxyl groups is 1. The number of aromatic amines is 1. The molecule has 0 saturated carbocycles. The van der Waals surface area contributed by atoms with Crippen LogP contribution in [0.3, 0.4) is 0 Å². The highest BCUT2D eigenvalue weighted by Crippen LogP contribution is 2.20. The molecule has 2 aromatic rings. The number of hydrogen-bond donors (Lipinski definition) is 4. The second-order valence-electron chi connectivity index (χ2n) is 8.96. The molecule has 8 heteroatoms. The molecule has 2 heterocycles. The van der Waals surface area contributed by atoms with Crippen molar-refractivity contribution in [2.24, 2.45) is 5.92 Å². The van der Waals surface area contributed by atoms with E-state index < -0.39 is 12.0 Å². The zero-order chi connectivity index (χ0) is 24.3. The van der Waals surface area contributed by atoms with Gasteiger partial charge >= 0.3 is 5.97 Å². The van der Waals surface area contributed by atoms with Crippen LogP contribution in [-0.2, 0) is 25.5 Å². The van der Waals surface area contributed by atoms with E-state index in [0.29, 0.717) is 19.3 Å². The van der Waals surface area contributed by atoms with Crippen LogP contribution in [0.2, 0.25) is 0 Å². The van der Waals surface area contributed by atoms with E-state index in [1.807, 2.05) is 42.6 Å². The largest absolute Gasteiger partial charge is 0.463 e. The number of nitrogens with one attached hydrogen (secondary N) is 3. The molecular weight excluding hydrogens is 434 g/mol. The van der Waals surface area contributed by atoms with Crippen molar-refractivity contribution in [3.63, 3.8) is 0 Å². The number of H-pyrrole nitrogens is 1. The van der Waals surface area contributed by atoms with Crippen LogP contribution in [0.4, 0.5) is 0 Å². The molecule has 8 nitrogen and oxygen atoms in total. The van der Waals surface area contributed by atoms with Gasteiger partial charge in [0.2, 0.25) is 11.8 Å². The van der Waals surface area contributed by atoms with Crippen molar-refractivity contribution in [1.82, 2.24) is 15.6 Å². The summed E-state index contributed by atoms with van der Waals surface area (Å²) in [6, 6.07) is 7.11. The molecule has 184 valence electrons. The van der Waals surface area contributed by atoms with Crippen LogP contribution in [-0.4, -0.2) is 53.2 Å². The number of hydrogen-bond acceptors (Lipinski definition) is 5. The van der Waals surface area contributed by atoms with Crippen molar-refractivity contribution in [2.75, 3.05) is 13.2 Å². The van der Waals surface area contributed by atoms with E-state index >= 15 is 0 Å². The molecule has 4 N–H and O–H groups in total. The van der Waals surface area contributed by atoms with Crippen LogP contribution in [0.25, 0.3) is 10.9 Å². The fraction of sp³-hybridized carbons (Fsp3) is 0.500. The van der Waals surface area contributed by atoms with Gasteiger partial charge in [0.1, 0.15) is 6.61 Å². The summed E-state index contributed by atoms with van der Waals surface area (Å²) < 4.78 is 5.50. The average Bonchev–Trinajstić information content (AvgIpc) is 3.23. The van der Waals surface area contributed by atoms with Crippen LogP contribution < -0.4 is 10.6 Å². The molecule has 3 rings (SSSR count). The van der Waals surface area contributed by atoms with Crippen molar-refractivity contribution < 1.29 is 24.2 Å². The number of fused-ring (bicyclic) bond motifs is 1. The number of cyclic esters (lactones) is 1. The minimum atomic E-state index is -0.564. The van der Waals surface area contributed by atoms with Gasteiger partial charge < -0.3 is 25.5 Å². The van der Waals surface area contributed by atoms with Crippen molar-refractivity contribution in [2.45, 2.75) is 64.0 Å². The van der Waals surface area contributed by atoms with Crippen LogP contribution in [0, 0.1) is 5.92 Å². The summed E-state index contributed by atoms with van der Waals surface area (Å²) in [5.41, 5.74) is 2.02. The molecule has 0 aliphatic carbocycles. The van der Waals surface area contributed by atoms with Gasteiger partial charge in [0.15, 0.2) is 0 Å². The van der Waals surface area contributed by atoms with Gasteiger partial charge in [-0.2, -0.15) is 0 Å². The molecule has 3 atom stereocenters. The number of allylic oxidation sites excluding steroid dienone is 2. The van der Waals surface area contributed by atoms with Crippen molar-refractivity contribution in [3.8, 4) is 0 Å². The minimum absolute atomic E-state index is 0.0140. The number of benzene rings is 1. The molecular formula is C26H35N3O5. The number of para-hydroxylation sites is 1. The summed E-state index contributed by atoms with van der Waals surface area (Å²) in [6.07, 6.45) is 9.54. The Morgan fingerprint density at radius 2 is 2.06 bits per heavy atom. The van der Waals surface area contributed by atoms with Crippen LogP contribution in [0.15, 0.2) is 42.6 Å². The Morgan fingerprint density at radius 3 is 2.88 bits per heavy atom. The van der Waals surface area contributed by atoms with E-state index in [2.05, 4.69) is 15.6 Å². The highest BCUT2D eigenvalue weighted by molar-refractivity contribution is 5.86. The lowest BCUT2D eigenvalue weighted by molar-refractivity contribution is -0.145. The summed E-state index contributed by atoms with van der Waals surface area (Å²) in [6.45, 7) is 1.61. The lowest BCUT2D eigenvalue weighted by atomic mass is 9.97. The molecule has 1 aromatic heterocycles. The predicted octanol–water partition coefficient (Wildman–Crippen LogP) is 2.76. The molecule has 1 aliphatic rings. The van der Waals surface area contributed by atoms with E-state index in [-0.39, 0.29) is 43.5 Å². The highest BCUT2D eigenvalue weighted by atomic mass is 16.5. The van der Waals surface area contributed by atoms with Gasteiger partial charge in [-0.05, 0) is 50.7 Å². The Balaban J connectivity index is 1.77. The third-order valence-corrected chi connectivity index (χ3v) is 6.01. The average molecular weight is 470 g/mol. The van der Waals surface area contributed by atoms with E-state index in [1.165, 1.54) is 0 Å². The topological polar surface area (TPSA) is 121 Å². The van der Waals surface area contributed by atoms with Crippen LogP contribution >= 0.6 is 0 Å².